The lowest BCUT2D eigenvalue weighted by Crippen LogP contribution is -2.05. The van der Waals surface area contributed by atoms with E-state index in [1.807, 2.05) is 19.1 Å². The molecule has 1 aromatic heterocycles. The first-order valence-electron chi connectivity index (χ1n) is 5.94. The quantitative estimate of drug-likeness (QED) is 0.876. The molecule has 0 aliphatic carbocycles. The Hall–Kier alpha value is -1.69. The maximum atomic E-state index is 12.1. The van der Waals surface area contributed by atoms with Gasteiger partial charge < -0.3 is 10.1 Å². The van der Waals surface area contributed by atoms with Crippen LogP contribution >= 0.6 is 15.9 Å². The average Bonchev–Trinajstić information content (AvgIpc) is 2.37. The van der Waals surface area contributed by atoms with E-state index in [9.17, 15) is 8.78 Å². The molecule has 0 fully saturated rings. The monoisotopic (exact) mass is 342 g/mol. The van der Waals surface area contributed by atoms with Gasteiger partial charge in [0, 0.05) is 17.2 Å². The summed E-state index contributed by atoms with van der Waals surface area (Å²) >= 11 is 3.35. The molecule has 1 aromatic carbocycles. The number of anilines is 1. The van der Waals surface area contributed by atoms with Crippen molar-refractivity contribution in [3.05, 3.63) is 52.1 Å². The van der Waals surface area contributed by atoms with E-state index < -0.39 is 6.61 Å². The minimum Gasteiger partial charge on any atom is -0.435 e. The number of ether oxygens (including phenoxy) is 1. The van der Waals surface area contributed by atoms with E-state index in [2.05, 4.69) is 31.0 Å². The van der Waals surface area contributed by atoms with Crippen molar-refractivity contribution in [1.29, 1.82) is 0 Å². The minimum absolute atomic E-state index is 0.153. The fourth-order valence-electron chi connectivity index (χ4n) is 1.74. The van der Waals surface area contributed by atoms with Crippen LogP contribution in [0.3, 0.4) is 0 Å². The van der Waals surface area contributed by atoms with Gasteiger partial charge in [0.15, 0.2) is 0 Å². The number of pyridine rings is 1. The van der Waals surface area contributed by atoms with Crippen LogP contribution in [0.1, 0.15) is 11.1 Å². The lowest BCUT2D eigenvalue weighted by Gasteiger charge is -2.10. The second kappa shape index (κ2) is 6.65. The van der Waals surface area contributed by atoms with Crippen molar-refractivity contribution in [2.45, 2.75) is 20.1 Å². The van der Waals surface area contributed by atoms with Crippen LogP contribution in [0.25, 0.3) is 0 Å². The Morgan fingerprint density at radius 3 is 2.85 bits per heavy atom. The van der Waals surface area contributed by atoms with Gasteiger partial charge in [-0.25, -0.2) is 4.98 Å². The second-order valence-corrected chi connectivity index (χ2v) is 5.11. The Bertz CT molecular complexity index is 593. The van der Waals surface area contributed by atoms with Gasteiger partial charge in [0.05, 0.1) is 0 Å². The minimum atomic E-state index is -2.81. The van der Waals surface area contributed by atoms with Gasteiger partial charge in [-0.05, 0) is 52.2 Å². The van der Waals surface area contributed by atoms with E-state index >= 15 is 0 Å². The number of nitrogens with one attached hydrogen (secondary N) is 1. The molecule has 1 heterocycles. The fourth-order valence-corrected chi connectivity index (χ4v) is 2.19. The molecule has 0 saturated carbocycles. The summed E-state index contributed by atoms with van der Waals surface area (Å²) in [5, 5.41) is 3.16. The Labute approximate surface area is 124 Å². The van der Waals surface area contributed by atoms with Gasteiger partial charge in [-0.3, -0.25) is 0 Å². The van der Waals surface area contributed by atoms with Gasteiger partial charge in [-0.2, -0.15) is 8.78 Å². The number of halogens is 3. The molecule has 0 spiro atoms. The molecule has 0 amide bonds. The van der Waals surface area contributed by atoms with Crippen molar-refractivity contribution in [3.8, 4) is 5.75 Å². The van der Waals surface area contributed by atoms with Crippen LogP contribution in [0, 0.1) is 6.92 Å². The van der Waals surface area contributed by atoms with Gasteiger partial charge in [-0.15, -0.1) is 0 Å². The van der Waals surface area contributed by atoms with Crippen LogP contribution in [-0.2, 0) is 6.54 Å². The summed E-state index contributed by atoms with van der Waals surface area (Å²) in [5.74, 6) is 0.910. The van der Waals surface area contributed by atoms with Crippen LogP contribution in [0.15, 0.2) is 41.0 Å². The molecule has 0 atom stereocenters. The Kier molecular flexibility index (Phi) is 4.89. The lowest BCUT2D eigenvalue weighted by molar-refractivity contribution is -0.0498. The number of hydrogen-bond donors (Lipinski definition) is 1. The van der Waals surface area contributed by atoms with Crippen LogP contribution in [0.2, 0.25) is 0 Å². The number of nitrogens with zero attached hydrogens (tertiary/aromatic N) is 1. The van der Waals surface area contributed by atoms with Gasteiger partial charge >= 0.3 is 6.61 Å². The molecule has 0 saturated heterocycles. The van der Waals surface area contributed by atoms with Crippen LogP contribution in [0.5, 0.6) is 5.75 Å². The van der Waals surface area contributed by atoms with E-state index in [4.69, 9.17) is 0 Å². The molecule has 0 aliphatic heterocycles. The summed E-state index contributed by atoms with van der Waals surface area (Å²) in [4.78, 5) is 4.25. The molecule has 20 heavy (non-hydrogen) atoms. The smallest absolute Gasteiger partial charge is 0.387 e. The molecular formula is C14H13BrF2N2O. The maximum Gasteiger partial charge on any atom is 0.387 e. The normalized spacial score (nSPS) is 10.7. The van der Waals surface area contributed by atoms with Gasteiger partial charge in [0.1, 0.15) is 11.6 Å². The van der Waals surface area contributed by atoms with Gasteiger partial charge in [0.25, 0.3) is 0 Å². The maximum absolute atomic E-state index is 12.1. The first kappa shape index (κ1) is 14.7. The highest BCUT2D eigenvalue weighted by Gasteiger charge is 2.05. The van der Waals surface area contributed by atoms with Gasteiger partial charge in [0.2, 0.25) is 0 Å². The third-order valence-electron chi connectivity index (χ3n) is 2.63. The molecule has 1 N–H and O–H groups in total. The third kappa shape index (κ3) is 4.16. The van der Waals surface area contributed by atoms with E-state index in [1.54, 1.807) is 18.3 Å². The number of aryl methyl sites for hydroxylation is 1. The summed E-state index contributed by atoms with van der Waals surface area (Å²) in [7, 11) is 0. The van der Waals surface area contributed by atoms with Crippen LogP contribution in [-0.4, -0.2) is 11.6 Å². The van der Waals surface area contributed by atoms with Crippen molar-refractivity contribution < 1.29 is 13.5 Å². The molecule has 3 nitrogen and oxygen atoms in total. The summed E-state index contributed by atoms with van der Waals surface area (Å²) in [6, 6.07) is 8.54. The molecule has 2 aromatic rings. The van der Waals surface area contributed by atoms with E-state index in [0.717, 1.165) is 21.4 Å². The largest absolute Gasteiger partial charge is 0.435 e. The zero-order chi connectivity index (χ0) is 14.5. The van der Waals surface area contributed by atoms with Crippen molar-refractivity contribution >= 4 is 21.7 Å². The number of hydrogen-bond acceptors (Lipinski definition) is 3. The number of benzene rings is 1. The molecule has 0 bridgehead atoms. The van der Waals surface area contributed by atoms with Crippen molar-refractivity contribution in [2.75, 3.05) is 5.32 Å². The number of alkyl halides is 2. The average molecular weight is 343 g/mol. The molecule has 6 heteroatoms. The lowest BCUT2D eigenvalue weighted by atomic mass is 10.2. The first-order chi connectivity index (χ1) is 9.54. The Balaban J connectivity index is 2.03. The standard InChI is InChI=1S/C14H13BrF2N2O/c1-9-5-11(15)8-19-13(9)18-7-10-3-2-4-12(6-10)20-14(16)17/h2-6,8,14H,7H2,1H3,(H,18,19). The summed E-state index contributed by atoms with van der Waals surface area (Å²) in [5.41, 5.74) is 1.84. The Morgan fingerprint density at radius 2 is 2.15 bits per heavy atom. The molecule has 0 aliphatic rings. The highest BCUT2D eigenvalue weighted by Crippen LogP contribution is 2.19. The zero-order valence-electron chi connectivity index (χ0n) is 10.7. The molecule has 0 radical (unpaired) electrons. The predicted octanol–water partition coefficient (Wildman–Crippen LogP) is 4.37. The third-order valence-corrected chi connectivity index (χ3v) is 3.06. The second-order valence-electron chi connectivity index (χ2n) is 4.20. The van der Waals surface area contributed by atoms with Crippen LogP contribution < -0.4 is 10.1 Å². The topological polar surface area (TPSA) is 34.2 Å². The summed E-state index contributed by atoms with van der Waals surface area (Å²) in [6.07, 6.45) is 1.70. The molecular weight excluding hydrogens is 330 g/mol. The fraction of sp³-hybridized carbons (Fsp3) is 0.214. The predicted molar refractivity (Wildman–Crippen MR) is 77.1 cm³/mol. The number of aromatic nitrogens is 1. The van der Waals surface area contributed by atoms with Crippen LogP contribution in [0.4, 0.5) is 14.6 Å². The highest BCUT2D eigenvalue weighted by molar-refractivity contribution is 9.10. The first-order valence-corrected chi connectivity index (χ1v) is 6.73. The molecule has 106 valence electrons. The Morgan fingerprint density at radius 1 is 1.35 bits per heavy atom. The number of rotatable bonds is 5. The SMILES string of the molecule is Cc1cc(Br)cnc1NCc1cccc(OC(F)F)c1. The summed E-state index contributed by atoms with van der Waals surface area (Å²) in [6.45, 7) is -0.389. The molecule has 0 unspecified atom stereocenters. The highest BCUT2D eigenvalue weighted by atomic mass is 79.9. The zero-order valence-corrected chi connectivity index (χ0v) is 12.3. The van der Waals surface area contributed by atoms with E-state index in [1.165, 1.54) is 6.07 Å². The van der Waals surface area contributed by atoms with Crippen molar-refractivity contribution in [2.24, 2.45) is 0 Å². The van der Waals surface area contributed by atoms with E-state index in [-0.39, 0.29) is 5.75 Å². The summed E-state index contributed by atoms with van der Waals surface area (Å²) < 4.78 is 29.6. The molecule has 2 rings (SSSR count). The van der Waals surface area contributed by atoms with E-state index in [0.29, 0.717) is 6.54 Å². The van der Waals surface area contributed by atoms with Gasteiger partial charge in [-0.1, -0.05) is 12.1 Å². The van der Waals surface area contributed by atoms with Crippen molar-refractivity contribution in [3.63, 3.8) is 0 Å². The van der Waals surface area contributed by atoms with Crippen molar-refractivity contribution in [1.82, 2.24) is 4.98 Å².